The van der Waals surface area contributed by atoms with Crippen LogP contribution in [0, 0.1) is 0 Å². The standard InChI is InChI=1S/C25H24N6O2/c1-33-22-9-5-8-21(18-22)31-24(19-10-12-26-13-11-19)23(27-28-31)25(32)30-16-14-29(15-17-30)20-6-3-2-4-7-20/h2-13,18H,14-17H2,1H3. The van der Waals surface area contributed by atoms with Crippen molar-refractivity contribution in [1.29, 1.82) is 0 Å². The van der Waals surface area contributed by atoms with E-state index in [0.717, 1.165) is 24.3 Å². The van der Waals surface area contributed by atoms with E-state index in [9.17, 15) is 4.79 Å². The van der Waals surface area contributed by atoms with E-state index in [0.29, 0.717) is 30.2 Å². The second kappa shape index (κ2) is 9.12. The van der Waals surface area contributed by atoms with E-state index in [1.165, 1.54) is 5.69 Å². The normalized spacial score (nSPS) is 13.7. The number of aromatic nitrogens is 4. The van der Waals surface area contributed by atoms with Gasteiger partial charge in [0.05, 0.1) is 12.8 Å². The quantitative estimate of drug-likeness (QED) is 0.474. The smallest absolute Gasteiger partial charge is 0.276 e. The minimum Gasteiger partial charge on any atom is -0.497 e. The number of para-hydroxylation sites is 1. The Kier molecular flexibility index (Phi) is 5.72. The van der Waals surface area contributed by atoms with Gasteiger partial charge in [-0.3, -0.25) is 9.78 Å². The van der Waals surface area contributed by atoms with Gasteiger partial charge in [-0.1, -0.05) is 29.5 Å². The molecule has 8 heteroatoms. The fourth-order valence-electron chi connectivity index (χ4n) is 4.07. The molecule has 0 N–H and O–H groups in total. The number of ether oxygens (including phenoxy) is 1. The fourth-order valence-corrected chi connectivity index (χ4v) is 4.07. The molecular formula is C25H24N6O2. The molecule has 3 heterocycles. The summed E-state index contributed by atoms with van der Waals surface area (Å²) in [4.78, 5) is 21.8. The number of carbonyl (C=O) groups is 1. The molecule has 166 valence electrons. The summed E-state index contributed by atoms with van der Waals surface area (Å²) in [6.45, 7) is 2.78. The van der Waals surface area contributed by atoms with Crippen LogP contribution in [0.1, 0.15) is 10.5 Å². The number of carbonyl (C=O) groups excluding carboxylic acids is 1. The molecule has 0 saturated carbocycles. The minimum atomic E-state index is -0.122. The summed E-state index contributed by atoms with van der Waals surface area (Å²) < 4.78 is 7.05. The Morgan fingerprint density at radius 1 is 0.879 bits per heavy atom. The number of methoxy groups -OCH3 is 1. The highest BCUT2D eigenvalue weighted by Gasteiger charge is 2.29. The first-order valence-corrected chi connectivity index (χ1v) is 10.8. The molecule has 2 aromatic carbocycles. The van der Waals surface area contributed by atoms with E-state index in [2.05, 4.69) is 32.3 Å². The van der Waals surface area contributed by atoms with Crippen LogP contribution in [-0.4, -0.2) is 64.1 Å². The van der Waals surface area contributed by atoms with Gasteiger partial charge in [0.2, 0.25) is 0 Å². The lowest BCUT2D eigenvalue weighted by Crippen LogP contribution is -2.49. The summed E-state index contributed by atoms with van der Waals surface area (Å²) in [6.07, 6.45) is 3.40. The van der Waals surface area contributed by atoms with Crippen molar-refractivity contribution in [2.24, 2.45) is 0 Å². The van der Waals surface area contributed by atoms with E-state index in [4.69, 9.17) is 4.74 Å². The molecule has 4 aromatic rings. The van der Waals surface area contributed by atoms with Crippen molar-refractivity contribution in [1.82, 2.24) is 24.9 Å². The average Bonchev–Trinajstić information content (AvgIpc) is 3.35. The third kappa shape index (κ3) is 4.15. The van der Waals surface area contributed by atoms with Crippen molar-refractivity contribution in [3.8, 4) is 22.7 Å². The zero-order chi connectivity index (χ0) is 22.6. The van der Waals surface area contributed by atoms with Gasteiger partial charge in [-0.05, 0) is 36.4 Å². The lowest BCUT2D eigenvalue weighted by molar-refractivity contribution is 0.0741. The van der Waals surface area contributed by atoms with Gasteiger partial charge in [-0.2, -0.15) is 0 Å². The summed E-state index contributed by atoms with van der Waals surface area (Å²) in [5.74, 6) is 0.581. The molecule has 5 rings (SSSR count). The number of benzene rings is 2. The van der Waals surface area contributed by atoms with Gasteiger partial charge in [0.15, 0.2) is 5.69 Å². The molecule has 1 fully saturated rings. The zero-order valence-corrected chi connectivity index (χ0v) is 18.3. The lowest BCUT2D eigenvalue weighted by atomic mass is 10.1. The second-order valence-corrected chi connectivity index (χ2v) is 7.75. The van der Waals surface area contributed by atoms with Crippen molar-refractivity contribution in [3.05, 3.63) is 84.8 Å². The van der Waals surface area contributed by atoms with Crippen molar-refractivity contribution in [2.45, 2.75) is 0 Å². The number of pyridine rings is 1. The molecule has 0 spiro atoms. The highest BCUT2D eigenvalue weighted by Crippen LogP contribution is 2.28. The molecule has 0 radical (unpaired) electrons. The minimum absolute atomic E-state index is 0.122. The van der Waals surface area contributed by atoms with Crippen LogP contribution in [-0.2, 0) is 0 Å². The molecule has 0 unspecified atom stereocenters. The van der Waals surface area contributed by atoms with Crippen LogP contribution in [0.2, 0.25) is 0 Å². The monoisotopic (exact) mass is 440 g/mol. The summed E-state index contributed by atoms with van der Waals surface area (Å²) in [5, 5.41) is 8.67. The first kappa shape index (κ1) is 20.7. The molecule has 0 bridgehead atoms. The zero-order valence-electron chi connectivity index (χ0n) is 18.3. The van der Waals surface area contributed by atoms with Crippen LogP contribution >= 0.6 is 0 Å². The number of hydrogen-bond acceptors (Lipinski definition) is 6. The third-order valence-electron chi connectivity index (χ3n) is 5.81. The molecule has 1 aliphatic heterocycles. The molecular weight excluding hydrogens is 416 g/mol. The van der Waals surface area contributed by atoms with E-state index >= 15 is 0 Å². The maximum atomic E-state index is 13.6. The van der Waals surface area contributed by atoms with E-state index in [1.807, 2.05) is 59.5 Å². The Morgan fingerprint density at radius 2 is 1.61 bits per heavy atom. The fraction of sp³-hybridized carbons (Fsp3) is 0.200. The second-order valence-electron chi connectivity index (χ2n) is 7.75. The predicted molar refractivity (Wildman–Crippen MR) is 126 cm³/mol. The van der Waals surface area contributed by atoms with Gasteiger partial charge in [0.25, 0.3) is 5.91 Å². The first-order chi connectivity index (χ1) is 16.2. The van der Waals surface area contributed by atoms with Crippen LogP contribution in [0.4, 0.5) is 5.69 Å². The maximum Gasteiger partial charge on any atom is 0.276 e. The van der Waals surface area contributed by atoms with Crippen LogP contribution in [0.3, 0.4) is 0 Å². The molecule has 1 amide bonds. The summed E-state index contributed by atoms with van der Waals surface area (Å²) >= 11 is 0. The number of amides is 1. The maximum absolute atomic E-state index is 13.6. The van der Waals surface area contributed by atoms with Gasteiger partial charge in [-0.15, -0.1) is 5.10 Å². The summed E-state index contributed by atoms with van der Waals surface area (Å²) in [6, 6.07) is 21.5. The van der Waals surface area contributed by atoms with Gasteiger partial charge in [-0.25, -0.2) is 4.68 Å². The van der Waals surface area contributed by atoms with Crippen LogP contribution < -0.4 is 9.64 Å². The van der Waals surface area contributed by atoms with Gasteiger partial charge < -0.3 is 14.5 Å². The van der Waals surface area contributed by atoms with Crippen LogP contribution in [0.15, 0.2) is 79.1 Å². The SMILES string of the molecule is COc1cccc(-n2nnc(C(=O)N3CCN(c4ccccc4)CC3)c2-c2ccncc2)c1. The summed E-state index contributed by atoms with van der Waals surface area (Å²) in [7, 11) is 1.62. The average molecular weight is 441 g/mol. The number of hydrogen-bond donors (Lipinski definition) is 0. The van der Waals surface area contributed by atoms with Crippen molar-refractivity contribution in [2.75, 3.05) is 38.2 Å². The Bertz CT molecular complexity index is 1230. The van der Waals surface area contributed by atoms with E-state index < -0.39 is 0 Å². The number of rotatable bonds is 5. The third-order valence-corrected chi connectivity index (χ3v) is 5.81. The number of anilines is 1. The van der Waals surface area contributed by atoms with E-state index in [-0.39, 0.29) is 5.91 Å². The molecule has 1 saturated heterocycles. The highest BCUT2D eigenvalue weighted by molar-refractivity contribution is 5.98. The van der Waals surface area contributed by atoms with Gasteiger partial charge >= 0.3 is 0 Å². The number of nitrogens with zero attached hydrogens (tertiary/aromatic N) is 6. The summed E-state index contributed by atoms with van der Waals surface area (Å²) in [5.41, 5.74) is 3.73. The molecule has 0 atom stereocenters. The highest BCUT2D eigenvalue weighted by atomic mass is 16.5. The molecule has 0 aliphatic carbocycles. The molecule has 8 nitrogen and oxygen atoms in total. The van der Waals surface area contributed by atoms with Gasteiger partial charge in [0.1, 0.15) is 11.4 Å². The van der Waals surface area contributed by atoms with Crippen LogP contribution in [0.25, 0.3) is 16.9 Å². The van der Waals surface area contributed by atoms with E-state index in [1.54, 1.807) is 24.2 Å². The van der Waals surface area contributed by atoms with Crippen molar-refractivity contribution >= 4 is 11.6 Å². The largest absolute Gasteiger partial charge is 0.497 e. The lowest BCUT2D eigenvalue weighted by Gasteiger charge is -2.35. The first-order valence-electron chi connectivity index (χ1n) is 10.8. The Labute approximate surface area is 192 Å². The Morgan fingerprint density at radius 3 is 2.33 bits per heavy atom. The van der Waals surface area contributed by atoms with Crippen molar-refractivity contribution in [3.63, 3.8) is 0 Å². The van der Waals surface area contributed by atoms with Crippen molar-refractivity contribution < 1.29 is 9.53 Å². The number of piperazine rings is 1. The molecule has 33 heavy (non-hydrogen) atoms. The van der Waals surface area contributed by atoms with Crippen LogP contribution in [0.5, 0.6) is 5.75 Å². The molecule has 2 aromatic heterocycles. The topological polar surface area (TPSA) is 76.4 Å². The molecule has 1 aliphatic rings. The van der Waals surface area contributed by atoms with Gasteiger partial charge in [0, 0.05) is 55.9 Å². The predicted octanol–water partition coefficient (Wildman–Crippen LogP) is 3.30. The Hall–Kier alpha value is -4.20. The Balaban J connectivity index is 1.46.